The minimum absolute atomic E-state index is 0.725. The monoisotopic (exact) mass is 338 g/mol. The second kappa shape index (κ2) is 8.18. The van der Waals surface area contributed by atoms with Crippen molar-refractivity contribution in [2.24, 2.45) is 5.73 Å². The largest absolute Gasteiger partial charge is 0.344 e. The maximum Gasteiger partial charge on any atom is 0.111 e. The van der Waals surface area contributed by atoms with E-state index < -0.39 is 0 Å². The van der Waals surface area contributed by atoms with E-state index in [1.807, 2.05) is 18.5 Å². The molecule has 3 N–H and O–H groups in total. The van der Waals surface area contributed by atoms with Gasteiger partial charge >= 0.3 is 0 Å². The number of H-pyrrole nitrogens is 1. The first-order valence-electron chi connectivity index (χ1n) is 8.79. The molecule has 0 spiro atoms. The number of aryl methyl sites for hydroxylation is 2. The summed E-state index contributed by atoms with van der Waals surface area (Å²) >= 11 is 0. The number of aromatic nitrogens is 4. The van der Waals surface area contributed by atoms with Crippen LogP contribution in [0.2, 0.25) is 0 Å². The van der Waals surface area contributed by atoms with Crippen molar-refractivity contribution >= 4 is 11.0 Å². The average molecular weight is 338 g/mol. The number of nitrogens with zero attached hydrogens (tertiary/aromatic N) is 4. The van der Waals surface area contributed by atoms with Crippen LogP contribution in [0.15, 0.2) is 30.9 Å². The standard InChI is InChI=1S/C19H26N6/c1-14-9-15(2)17(22-10-14)11-25(8-4-3-6-20)12-18-19-16(5-7-21-18)23-13-24-19/h5,7,9-10,13H,3-4,6,8,11-12,20H2,1-2H3,(H,23,24). The van der Waals surface area contributed by atoms with E-state index >= 15 is 0 Å². The van der Waals surface area contributed by atoms with Gasteiger partial charge in [0, 0.05) is 25.5 Å². The van der Waals surface area contributed by atoms with Gasteiger partial charge in [0.15, 0.2) is 0 Å². The fourth-order valence-corrected chi connectivity index (χ4v) is 3.07. The second-order valence-electron chi connectivity index (χ2n) is 6.54. The Bertz CT molecular complexity index is 826. The van der Waals surface area contributed by atoms with Crippen LogP contribution < -0.4 is 5.73 Å². The van der Waals surface area contributed by atoms with E-state index in [-0.39, 0.29) is 0 Å². The first-order chi connectivity index (χ1) is 12.2. The minimum atomic E-state index is 0.725. The van der Waals surface area contributed by atoms with Crippen LogP contribution in [0, 0.1) is 13.8 Å². The fourth-order valence-electron chi connectivity index (χ4n) is 3.07. The molecule has 6 heteroatoms. The van der Waals surface area contributed by atoms with Crippen molar-refractivity contribution in [2.75, 3.05) is 13.1 Å². The Morgan fingerprint density at radius 1 is 1.08 bits per heavy atom. The van der Waals surface area contributed by atoms with Gasteiger partial charge in [-0.05, 0) is 57.0 Å². The summed E-state index contributed by atoms with van der Waals surface area (Å²) in [7, 11) is 0. The van der Waals surface area contributed by atoms with E-state index in [0.717, 1.165) is 61.4 Å². The van der Waals surface area contributed by atoms with Crippen LogP contribution in [0.3, 0.4) is 0 Å². The Kier molecular flexibility index (Phi) is 5.73. The quantitative estimate of drug-likeness (QED) is 0.617. The summed E-state index contributed by atoms with van der Waals surface area (Å²) < 4.78 is 0. The first-order valence-corrected chi connectivity index (χ1v) is 8.79. The van der Waals surface area contributed by atoms with Crippen LogP contribution in [0.25, 0.3) is 11.0 Å². The van der Waals surface area contributed by atoms with Gasteiger partial charge in [0.25, 0.3) is 0 Å². The number of nitrogens with two attached hydrogens (primary N) is 1. The molecule has 0 aliphatic heterocycles. The number of nitrogens with one attached hydrogen (secondary N) is 1. The molecule has 0 saturated carbocycles. The summed E-state index contributed by atoms with van der Waals surface area (Å²) in [5, 5.41) is 0. The molecule has 6 nitrogen and oxygen atoms in total. The van der Waals surface area contributed by atoms with Gasteiger partial charge in [0.2, 0.25) is 0 Å². The van der Waals surface area contributed by atoms with E-state index in [1.54, 1.807) is 6.33 Å². The summed E-state index contributed by atoms with van der Waals surface area (Å²) in [5.41, 5.74) is 12.2. The lowest BCUT2D eigenvalue weighted by Crippen LogP contribution is -2.26. The van der Waals surface area contributed by atoms with Crippen LogP contribution in [0.1, 0.15) is 35.4 Å². The number of pyridine rings is 2. The van der Waals surface area contributed by atoms with Crippen molar-refractivity contribution in [3.63, 3.8) is 0 Å². The second-order valence-corrected chi connectivity index (χ2v) is 6.54. The van der Waals surface area contributed by atoms with Crippen LogP contribution in [-0.4, -0.2) is 37.9 Å². The number of rotatable bonds is 8. The van der Waals surface area contributed by atoms with Gasteiger partial charge < -0.3 is 10.7 Å². The number of hydrogen-bond donors (Lipinski definition) is 2. The Labute approximate surface area is 148 Å². The number of imidazole rings is 1. The van der Waals surface area contributed by atoms with Gasteiger partial charge in [-0.1, -0.05) is 6.07 Å². The highest BCUT2D eigenvalue weighted by molar-refractivity contribution is 5.76. The molecule has 0 bridgehead atoms. The van der Waals surface area contributed by atoms with Crippen LogP contribution in [0.5, 0.6) is 0 Å². The smallest absolute Gasteiger partial charge is 0.111 e. The molecule has 0 aliphatic rings. The molecule has 25 heavy (non-hydrogen) atoms. The summed E-state index contributed by atoms with van der Waals surface area (Å²) in [6, 6.07) is 4.14. The van der Waals surface area contributed by atoms with E-state index in [1.165, 1.54) is 11.1 Å². The highest BCUT2D eigenvalue weighted by atomic mass is 15.1. The number of aromatic amines is 1. The molecule has 0 saturated heterocycles. The maximum absolute atomic E-state index is 5.66. The predicted octanol–water partition coefficient (Wildman–Crippen LogP) is 2.71. The lowest BCUT2D eigenvalue weighted by Gasteiger charge is -2.22. The molecule has 0 aliphatic carbocycles. The Morgan fingerprint density at radius 2 is 1.92 bits per heavy atom. The molecule has 3 aromatic heterocycles. The highest BCUT2D eigenvalue weighted by Crippen LogP contribution is 2.17. The van der Waals surface area contributed by atoms with Crippen molar-refractivity contribution in [2.45, 2.75) is 39.8 Å². The Hall–Kier alpha value is -2.31. The van der Waals surface area contributed by atoms with Crippen LogP contribution in [0.4, 0.5) is 0 Å². The third-order valence-corrected chi connectivity index (χ3v) is 4.41. The fraction of sp³-hybridized carbons (Fsp3) is 0.421. The third kappa shape index (κ3) is 4.41. The van der Waals surface area contributed by atoms with Gasteiger partial charge in [0.1, 0.15) is 5.52 Å². The maximum atomic E-state index is 5.66. The van der Waals surface area contributed by atoms with Crippen LogP contribution in [-0.2, 0) is 13.1 Å². The van der Waals surface area contributed by atoms with E-state index in [9.17, 15) is 0 Å². The zero-order chi connectivity index (χ0) is 17.6. The van der Waals surface area contributed by atoms with Crippen molar-refractivity contribution in [1.29, 1.82) is 0 Å². The molecule has 0 fully saturated rings. The van der Waals surface area contributed by atoms with Crippen molar-refractivity contribution < 1.29 is 0 Å². The SMILES string of the molecule is Cc1cnc(CN(CCCCN)Cc2nccc3[nH]cnc23)c(C)c1. The van der Waals surface area contributed by atoms with E-state index in [4.69, 9.17) is 5.73 Å². The summed E-state index contributed by atoms with van der Waals surface area (Å²) in [4.78, 5) is 19.1. The Morgan fingerprint density at radius 3 is 2.72 bits per heavy atom. The molecule has 0 aromatic carbocycles. The third-order valence-electron chi connectivity index (χ3n) is 4.41. The lowest BCUT2D eigenvalue weighted by atomic mass is 10.1. The molecule has 3 rings (SSSR count). The van der Waals surface area contributed by atoms with Crippen molar-refractivity contribution in [3.05, 3.63) is 53.4 Å². The van der Waals surface area contributed by atoms with Crippen molar-refractivity contribution in [3.8, 4) is 0 Å². The molecule has 0 unspecified atom stereocenters. The molecule has 0 radical (unpaired) electrons. The van der Waals surface area contributed by atoms with E-state index in [2.05, 4.69) is 44.7 Å². The zero-order valence-electron chi connectivity index (χ0n) is 15.0. The molecule has 3 heterocycles. The summed E-state index contributed by atoms with van der Waals surface area (Å²) in [5.74, 6) is 0. The molecular weight excluding hydrogens is 312 g/mol. The highest BCUT2D eigenvalue weighted by Gasteiger charge is 2.13. The first kappa shape index (κ1) is 17.5. The molecule has 0 amide bonds. The van der Waals surface area contributed by atoms with Crippen LogP contribution >= 0.6 is 0 Å². The van der Waals surface area contributed by atoms with Gasteiger partial charge in [-0.2, -0.15) is 0 Å². The zero-order valence-corrected chi connectivity index (χ0v) is 15.0. The number of hydrogen-bond acceptors (Lipinski definition) is 5. The van der Waals surface area contributed by atoms with Gasteiger partial charge in [-0.3, -0.25) is 14.9 Å². The van der Waals surface area contributed by atoms with Gasteiger partial charge in [0.05, 0.1) is 23.2 Å². The normalized spacial score (nSPS) is 11.5. The number of unbranched alkanes of at least 4 members (excludes halogenated alkanes) is 1. The lowest BCUT2D eigenvalue weighted by molar-refractivity contribution is 0.246. The minimum Gasteiger partial charge on any atom is -0.344 e. The van der Waals surface area contributed by atoms with Gasteiger partial charge in [-0.25, -0.2) is 4.98 Å². The van der Waals surface area contributed by atoms with Crippen molar-refractivity contribution in [1.82, 2.24) is 24.8 Å². The molecule has 0 atom stereocenters. The molecular formula is C19H26N6. The summed E-state index contributed by atoms with van der Waals surface area (Å²) in [6.07, 6.45) is 7.59. The topological polar surface area (TPSA) is 83.7 Å². The van der Waals surface area contributed by atoms with Gasteiger partial charge in [-0.15, -0.1) is 0 Å². The number of fused-ring (bicyclic) bond motifs is 1. The average Bonchev–Trinajstić information content (AvgIpc) is 3.07. The van der Waals surface area contributed by atoms with E-state index in [0.29, 0.717) is 0 Å². The predicted molar refractivity (Wildman–Crippen MR) is 100 cm³/mol. The Balaban J connectivity index is 1.80. The summed E-state index contributed by atoms with van der Waals surface area (Å²) in [6.45, 7) is 7.45. The molecule has 3 aromatic rings. The molecule has 132 valence electrons.